The summed E-state index contributed by atoms with van der Waals surface area (Å²) in [6.45, 7) is 1.84. The van der Waals surface area contributed by atoms with Crippen LogP contribution in [0, 0.1) is 6.92 Å². The Morgan fingerprint density at radius 1 is 1.12 bits per heavy atom. The topological polar surface area (TPSA) is 70.7 Å². The molecule has 1 amide bonds. The Balaban J connectivity index is 1.73. The molecule has 0 aliphatic carbocycles. The van der Waals surface area contributed by atoms with Crippen LogP contribution >= 0.6 is 11.6 Å². The lowest BCUT2D eigenvalue weighted by atomic mass is 10.0. The highest BCUT2D eigenvalue weighted by molar-refractivity contribution is 6.33. The van der Waals surface area contributed by atoms with Gasteiger partial charge in [0.2, 0.25) is 0 Å². The molecule has 0 saturated heterocycles. The van der Waals surface area contributed by atoms with Crippen molar-refractivity contribution in [3.63, 3.8) is 0 Å². The first-order valence-corrected chi connectivity index (χ1v) is 8.46. The number of fused-ring (bicyclic) bond motifs is 1. The summed E-state index contributed by atoms with van der Waals surface area (Å²) < 4.78 is 0. The van der Waals surface area contributed by atoms with Gasteiger partial charge in [-0.2, -0.15) is 5.10 Å². The largest absolute Gasteiger partial charge is 0.321 e. The number of pyridine rings is 1. The Hall–Kier alpha value is -3.18. The normalized spacial score (nSPS) is 10.8. The van der Waals surface area contributed by atoms with Crippen LogP contribution in [-0.4, -0.2) is 21.1 Å². The summed E-state index contributed by atoms with van der Waals surface area (Å²) in [5, 5.41) is 12.2. The second-order valence-corrected chi connectivity index (χ2v) is 6.37. The number of aromatic amines is 1. The highest BCUT2D eigenvalue weighted by atomic mass is 35.5. The van der Waals surface area contributed by atoms with E-state index in [9.17, 15) is 4.79 Å². The Morgan fingerprint density at radius 3 is 2.77 bits per heavy atom. The van der Waals surface area contributed by atoms with Gasteiger partial charge in [0.15, 0.2) is 5.69 Å². The Kier molecular flexibility index (Phi) is 4.14. The fraction of sp³-hybridized carbons (Fsp3) is 0.0500. The number of hydrogen-bond acceptors (Lipinski definition) is 3. The number of carbonyl (C=O) groups excluding carboxylic acids is 1. The van der Waals surface area contributed by atoms with Crippen LogP contribution in [0.2, 0.25) is 5.02 Å². The molecule has 2 N–H and O–H groups in total. The Labute approximate surface area is 155 Å². The van der Waals surface area contributed by atoms with Gasteiger partial charge in [-0.05, 0) is 42.6 Å². The average molecular weight is 363 g/mol. The maximum atomic E-state index is 12.3. The van der Waals surface area contributed by atoms with Gasteiger partial charge >= 0.3 is 0 Å². The molecule has 0 saturated carbocycles. The number of aryl methyl sites for hydroxylation is 1. The van der Waals surface area contributed by atoms with E-state index in [-0.39, 0.29) is 5.91 Å². The van der Waals surface area contributed by atoms with Gasteiger partial charge in [0, 0.05) is 28.5 Å². The highest BCUT2D eigenvalue weighted by Crippen LogP contribution is 2.33. The van der Waals surface area contributed by atoms with Gasteiger partial charge in [0.25, 0.3) is 5.91 Å². The van der Waals surface area contributed by atoms with Crippen LogP contribution in [-0.2, 0) is 0 Å². The lowest BCUT2D eigenvalue weighted by Gasteiger charge is -2.10. The van der Waals surface area contributed by atoms with E-state index in [1.54, 1.807) is 24.4 Å². The van der Waals surface area contributed by atoms with E-state index < -0.39 is 0 Å². The van der Waals surface area contributed by atoms with Crippen LogP contribution in [0.3, 0.4) is 0 Å². The first kappa shape index (κ1) is 16.3. The Bertz CT molecular complexity index is 1110. The number of halogens is 1. The van der Waals surface area contributed by atoms with Gasteiger partial charge < -0.3 is 5.32 Å². The van der Waals surface area contributed by atoms with Crippen LogP contribution in [0.5, 0.6) is 0 Å². The zero-order valence-electron chi connectivity index (χ0n) is 14.0. The lowest BCUT2D eigenvalue weighted by Crippen LogP contribution is -2.12. The molecule has 2 aromatic heterocycles. The van der Waals surface area contributed by atoms with Crippen LogP contribution < -0.4 is 5.32 Å². The number of nitrogens with one attached hydrogen (secondary N) is 2. The molecular weight excluding hydrogens is 348 g/mol. The van der Waals surface area contributed by atoms with Crippen LogP contribution in [0.25, 0.3) is 22.0 Å². The van der Waals surface area contributed by atoms with Crippen molar-refractivity contribution in [2.45, 2.75) is 6.92 Å². The van der Waals surface area contributed by atoms with Crippen molar-refractivity contribution in [3.05, 3.63) is 77.2 Å². The zero-order chi connectivity index (χ0) is 18.1. The molecule has 0 radical (unpaired) electrons. The fourth-order valence-electron chi connectivity index (χ4n) is 2.85. The van der Waals surface area contributed by atoms with E-state index in [0.29, 0.717) is 16.4 Å². The highest BCUT2D eigenvalue weighted by Gasteiger charge is 2.13. The second-order valence-electron chi connectivity index (χ2n) is 5.97. The number of benzene rings is 2. The van der Waals surface area contributed by atoms with Gasteiger partial charge in [-0.15, -0.1) is 0 Å². The first-order chi connectivity index (χ1) is 12.6. The molecule has 26 heavy (non-hydrogen) atoms. The predicted molar refractivity (Wildman–Crippen MR) is 103 cm³/mol. The molecule has 0 aliphatic heterocycles. The second kappa shape index (κ2) is 6.61. The lowest BCUT2D eigenvalue weighted by molar-refractivity contribution is 0.102. The summed E-state index contributed by atoms with van der Waals surface area (Å²) in [6, 6.07) is 17.0. The minimum absolute atomic E-state index is 0.284. The number of anilines is 1. The quantitative estimate of drug-likeness (QED) is 0.548. The Morgan fingerprint density at radius 2 is 1.96 bits per heavy atom. The standard InChI is InChI=1S/C20H15ClN4O/c1-12-10-18(25-24-12)20(26)23-14-6-7-17(21)16(11-14)19-15-5-3-2-4-13(15)8-9-22-19/h2-11H,1H3,(H,23,26)(H,24,25). The molecule has 0 aliphatic rings. The number of carbonyl (C=O) groups is 1. The molecule has 5 nitrogen and oxygen atoms in total. The number of hydrogen-bond donors (Lipinski definition) is 2. The number of aromatic nitrogens is 3. The van der Waals surface area contributed by atoms with Gasteiger partial charge in [-0.25, -0.2) is 0 Å². The van der Waals surface area contributed by atoms with Crippen molar-refractivity contribution >= 4 is 34.0 Å². The van der Waals surface area contributed by atoms with Crippen molar-refractivity contribution in [1.82, 2.24) is 15.2 Å². The third kappa shape index (κ3) is 3.05. The zero-order valence-corrected chi connectivity index (χ0v) is 14.7. The molecule has 0 unspecified atom stereocenters. The molecule has 0 atom stereocenters. The van der Waals surface area contributed by atoms with Gasteiger partial charge in [0.05, 0.1) is 10.7 Å². The summed E-state index contributed by atoms with van der Waals surface area (Å²) in [5.74, 6) is -0.284. The molecule has 4 rings (SSSR count). The predicted octanol–water partition coefficient (Wildman–Crippen LogP) is 4.84. The first-order valence-electron chi connectivity index (χ1n) is 8.09. The summed E-state index contributed by atoms with van der Waals surface area (Å²) in [4.78, 5) is 16.8. The molecular formula is C20H15ClN4O. The van der Waals surface area contributed by atoms with Crippen molar-refractivity contribution < 1.29 is 4.79 Å². The SMILES string of the molecule is Cc1cc(C(=O)Nc2ccc(Cl)c(-c3nccc4ccccc34)c2)n[nH]1. The van der Waals surface area contributed by atoms with E-state index in [1.165, 1.54) is 0 Å². The van der Waals surface area contributed by atoms with Crippen molar-refractivity contribution in [1.29, 1.82) is 0 Å². The molecule has 128 valence electrons. The minimum atomic E-state index is -0.284. The van der Waals surface area contributed by atoms with Crippen LogP contribution in [0.4, 0.5) is 5.69 Å². The van der Waals surface area contributed by atoms with E-state index in [2.05, 4.69) is 20.5 Å². The summed E-state index contributed by atoms with van der Waals surface area (Å²) in [7, 11) is 0. The van der Waals surface area contributed by atoms with Gasteiger partial charge in [-0.1, -0.05) is 35.9 Å². The molecule has 2 heterocycles. The van der Waals surface area contributed by atoms with E-state index in [0.717, 1.165) is 27.7 Å². The molecule has 4 aromatic rings. The molecule has 0 spiro atoms. The fourth-order valence-corrected chi connectivity index (χ4v) is 3.06. The monoisotopic (exact) mass is 362 g/mol. The average Bonchev–Trinajstić information content (AvgIpc) is 3.09. The number of H-pyrrole nitrogens is 1. The van der Waals surface area contributed by atoms with Crippen LogP contribution in [0.15, 0.2) is 60.8 Å². The summed E-state index contributed by atoms with van der Waals surface area (Å²) >= 11 is 6.42. The van der Waals surface area contributed by atoms with Crippen molar-refractivity contribution in [2.75, 3.05) is 5.32 Å². The van der Waals surface area contributed by atoms with E-state index in [4.69, 9.17) is 11.6 Å². The van der Waals surface area contributed by atoms with Gasteiger partial charge in [-0.3, -0.25) is 14.9 Å². The summed E-state index contributed by atoms with van der Waals surface area (Å²) in [6.07, 6.45) is 1.76. The minimum Gasteiger partial charge on any atom is -0.321 e. The van der Waals surface area contributed by atoms with Crippen LogP contribution in [0.1, 0.15) is 16.2 Å². The van der Waals surface area contributed by atoms with Crippen molar-refractivity contribution in [2.24, 2.45) is 0 Å². The third-order valence-corrected chi connectivity index (χ3v) is 4.42. The number of nitrogens with zero attached hydrogens (tertiary/aromatic N) is 2. The summed E-state index contributed by atoms with van der Waals surface area (Å²) in [5.41, 5.74) is 3.33. The molecule has 6 heteroatoms. The van der Waals surface area contributed by atoms with Gasteiger partial charge in [0.1, 0.15) is 0 Å². The molecule has 0 fully saturated rings. The number of amides is 1. The van der Waals surface area contributed by atoms with Crippen molar-refractivity contribution in [3.8, 4) is 11.3 Å². The maximum absolute atomic E-state index is 12.3. The molecule has 2 aromatic carbocycles. The van der Waals surface area contributed by atoms with E-state index >= 15 is 0 Å². The maximum Gasteiger partial charge on any atom is 0.276 e. The smallest absolute Gasteiger partial charge is 0.276 e. The molecule has 0 bridgehead atoms. The third-order valence-electron chi connectivity index (χ3n) is 4.09. The van der Waals surface area contributed by atoms with E-state index in [1.807, 2.05) is 43.3 Å². The number of rotatable bonds is 3.